The van der Waals surface area contributed by atoms with Crippen molar-refractivity contribution >= 4 is 38.0 Å². The van der Waals surface area contributed by atoms with Crippen molar-refractivity contribution in [1.82, 2.24) is 24.1 Å². The van der Waals surface area contributed by atoms with Crippen LogP contribution in [0.2, 0.25) is 0 Å². The molecule has 9 nitrogen and oxygen atoms in total. The van der Waals surface area contributed by atoms with E-state index in [2.05, 4.69) is 15.1 Å². The van der Waals surface area contributed by atoms with E-state index in [1.54, 1.807) is 37.8 Å². The van der Waals surface area contributed by atoms with Crippen molar-refractivity contribution in [2.75, 3.05) is 18.2 Å². The summed E-state index contributed by atoms with van der Waals surface area (Å²) in [5, 5.41) is 5.29. The fourth-order valence-electron chi connectivity index (χ4n) is 3.74. The van der Waals surface area contributed by atoms with Crippen LogP contribution in [0.4, 0.5) is 5.69 Å². The molecule has 33 heavy (non-hydrogen) atoms. The van der Waals surface area contributed by atoms with Gasteiger partial charge in [-0.2, -0.15) is 5.10 Å². The first kappa shape index (κ1) is 20.8. The van der Waals surface area contributed by atoms with Crippen LogP contribution in [0, 0.1) is 0 Å². The van der Waals surface area contributed by atoms with Crippen LogP contribution in [0.25, 0.3) is 27.8 Å². The maximum Gasteiger partial charge on any atom is 0.278 e. The highest BCUT2D eigenvalue weighted by Crippen LogP contribution is 2.25. The van der Waals surface area contributed by atoms with Crippen molar-refractivity contribution in [2.24, 2.45) is 7.05 Å². The number of hydrogen-bond acceptors (Lipinski definition) is 6. The highest BCUT2D eigenvalue weighted by Gasteiger charge is 2.18. The van der Waals surface area contributed by atoms with Crippen LogP contribution < -0.4 is 4.90 Å². The van der Waals surface area contributed by atoms with Gasteiger partial charge < -0.3 is 4.90 Å². The third kappa shape index (κ3) is 3.64. The van der Waals surface area contributed by atoms with Crippen LogP contribution in [-0.2, 0) is 16.9 Å². The second kappa shape index (κ2) is 7.52. The Morgan fingerprint density at radius 3 is 2.48 bits per heavy atom. The number of nitrogens with zero attached hydrogens (tertiary/aromatic N) is 6. The maximum atomic E-state index is 13.1. The molecule has 5 aromatic rings. The number of amides is 1. The molecular weight excluding hydrogens is 440 g/mol. The van der Waals surface area contributed by atoms with Gasteiger partial charge in [0.15, 0.2) is 15.5 Å². The van der Waals surface area contributed by atoms with Gasteiger partial charge in [0.25, 0.3) is 5.91 Å². The SMILES string of the molecule is CN(C(=O)c1cn2c(-c3ccc4c(cnn4C)c3)cnc2cn1)c1ccc(S(C)(=O)=O)cc1. The van der Waals surface area contributed by atoms with E-state index in [-0.39, 0.29) is 16.5 Å². The molecule has 3 aromatic heterocycles. The predicted molar refractivity (Wildman–Crippen MR) is 125 cm³/mol. The summed E-state index contributed by atoms with van der Waals surface area (Å²) in [4.78, 5) is 23.4. The van der Waals surface area contributed by atoms with Gasteiger partial charge in [0, 0.05) is 43.2 Å². The first-order valence-corrected chi connectivity index (χ1v) is 11.9. The minimum absolute atomic E-state index is 0.195. The fourth-order valence-corrected chi connectivity index (χ4v) is 4.37. The van der Waals surface area contributed by atoms with Crippen LogP contribution in [-0.4, -0.2) is 51.8 Å². The summed E-state index contributed by atoms with van der Waals surface area (Å²) in [5.41, 5.74) is 4.20. The van der Waals surface area contributed by atoms with Crippen LogP contribution in [0.15, 0.2) is 72.1 Å². The van der Waals surface area contributed by atoms with Crippen molar-refractivity contribution in [3.63, 3.8) is 0 Å². The number of anilines is 1. The molecule has 0 saturated carbocycles. The molecule has 2 aromatic carbocycles. The molecule has 0 unspecified atom stereocenters. The molecule has 0 N–H and O–H groups in total. The Kier molecular flexibility index (Phi) is 4.75. The molecule has 0 atom stereocenters. The van der Waals surface area contributed by atoms with E-state index in [0.29, 0.717) is 11.3 Å². The van der Waals surface area contributed by atoms with Crippen LogP contribution in [0.3, 0.4) is 0 Å². The van der Waals surface area contributed by atoms with E-state index in [4.69, 9.17) is 0 Å². The van der Waals surface area contributed by atoms with Gasteiger partial charge in [-0.3, -0.25) is 13.9 Å². The quantitative estimate of drug-likeness (QED) is 0.409. The second-order valence-corrected chi connectivity index (χ2v) is 9.83. The molecule has 0 aliphatic heterocycles. The third-order valence-electron chi connectivity index (χ3n) is 5.61. The van der Waals surface area contributed by atoms with E-state index in [9.17, 15) is 13.2 Å². The second-order valence-electron chi connectivity index (χ2n) is 7.82. The number of imidazole rings is 1. The van der Waals surface area contributed by atoms with Gasteiger partial charge in [0.1, 0.15) is 5.69 Å². The lowest BCUT2D eigenvalue weighted by atomic mass is 10.1. The minimum atomic E-state index is -3.31. The van der Waals surface area contributed by atoms with E-state index < -0.39 is 9.84 Å². The molecule has 0 aliphatic carbocycles. The smallest absolute Gasteiger partial charge is 0.278 e. The van der Waals surface area contributed by atoms with E-state index in [1.165, 1.54) is 17.0 Å². The summed E-state index contributed by atoms with van der Waals surface area (Å²) in [6.07, 6.45) is 7.92. The molecule has 10 heteroatoms. The molecule has 0 fully saturated rings. The number of aryl methyl sites for hydroxylation is 1. The number of carbonyl (C=O) groups is 1. The lowest BCUT2D eigenvalue weighted by Crippen LogP contribution is -2.27. The Labute approximate surface area is 189 Å². The van der Waals surface area contributed by atoms with E-state index in [1.807, 2.05) is 40.5 Å². The maximum absolute atomic E-state index is 13.1. The Hall–Kier alpha value is -4.05. The summed E-state index contributed by atoms with van der Waals surface area (Å²) in [6.45, 7) is 0. The lowest BCUT2D eigenvalue weighted by molar-refractivity contribution is 0.0988. The number of sulfone groups is 1. The van der Waals surface area contributed by atoms with Crippen LogP contribution in [0.1, 0.15) is 10.5 Å². The molecule has 166 valence electrons. The van der Waals surface area contributed by atoms with Crippen molar-refractivity contribution in [1.29, 1.82) is 0 Å². The average molecular weight is 461 g/mol. The molecule has 0 aliphatic rings. The summed E-state index contributed by atoms with van der Waals surface area (Å²) in [7, 11) is 0.203. The zero-order valence-electron chi connectivity index (χ0n) is 18.2. The zero-order valence-corrected chi connectivity index (χ0v) is 19.0. The van der Waals surface area contributed by atoms with Gasteiger partial charge in [-0.15, -0.1) is 0 Å². The molecular formula is C23H20N6O3S. The molecule has 0 radical (unpaired) electrons. The number of rotatable bonds is 4. The van der Waals surface area contributed by atoms with Crippen LogP contribution >= 0.6 is 0 Å². The largest absolute Gasteiger partial charge is 0.310 e. The Morgan fingerprint density at radius 1 is 1.00 bits per heavy atom. The van der Waals surface area contributed by atoms with E-state index >= 15 is 0 Å². The molecule has 3 heterocycles. The van der Waals surface area contributed by atoms with Crippen molar-refractivity contribution in [3.05, 3.63) is 72.9 Å². The van der Waals surface area contributed by atoms with Gasteiger partial charge in [-0.05, 0) is 36.4 Å². The highest BCUT2D eigenvalue weighted by molar-refractivity contribution is 7.90. The number of benzene rings is 2. The minimum Gasteiger partial charge on any atom is -0.310 e. The Bertz CT molecular complexity index is 1630. The molecule has 0 bridgehead atoms. The zero-order chi connectivity index (χ0) is 23.3. The summed E-state index contributed by atoms with van der Waals surface area (Å²) < 4.78 is 27.0. The van der Waals surface area contributed by atoms with Gasteiger partial charge in [-0.1, -0.05) is 6.07 Å². The predicted octanol–water partition coefficient (Wildman–Crippen LogP) is 2.96. The van der Waals surface area contributed by atoms with Gasteiger partial charge in [-0.25, -0.2) is 18.4 Å². The van der Waals surface area contributed by atoms with Gasteiger partial charge in [0.2, 0.25) is 0 Å². The number of hydrogen-bond donors (Lipinski definition) is 0. The number of carbonyl (C=O) groups excluding carboxylic acids is 1. The Balaban J connectivity index is 1.50. The standard InChI is InChI=1S/C23H20N6O3S/c1-27(17-5-7-18(8-6-17)33(3,31)32)23(30)19-14-29-21(12-25-22(29)13-24-19)15-4-9-20-16(10-15)11-26-28(20)2/h4-14H,1-3H3. The normalized spacial score (nSPS) is 11.8. The average Bonchev–Trinajstić information content (AvgIpc) is 3.40. The highest BCUT2D eigenvalue weighted by atomic mass is 32.2. The van der Waals surface area contributed by atoms with Crippen molar-refractivity contribution in [2.45, 2.75) is 4.90 Å². The van der Waals surface area contributed by atoms with Gasteiger partial charge in [0.05, 0.1) is 34.7 Å². The summed E-state index contributed by atoms with van der Waals surface area (Å²) >= 11 is 0. The van der Waals surface area contributed by atoms with Gasteiger partial charge >= 0.3 is 0 Å². The molecule has 5 rings (SSSR count). The molecule has 0 saturated heterocycles. The van der Waals surface area contributed by atoms with E-state index in [0.717, 1.165) is 28.4 Å². The molecule has 0 spiro atoms. The first-order chi connectivity index (χ1) is 15.7. The number of aromatic nitrogens is 5. The number of fused-ring (bicyclic) bond motifs is 2. The monoisotopic (exact) mass is 460 g/mol. The lowest BCUT2D eigenvalue weighted by Gasteiger charge is -2.17. The third-order valence-corrected chi connectivity index (χ3v) is 6.74. The Morgan fingerprint density at radius 2 is 1.76 bits per heavy atom. The fraction of sp³-hybridized carbons (Fsp3) is 0.130. The topological polar surface area (TPSA) is 102 Å². The van der Waals surface area contributed by atoms with Crippen molar-refractivity contribution in [3.8, 4) is 11.3 Å². The summed E-state index contributed by atoms with van der Waals surface area (Å²) in [6, 6.07) is 12.2. The first-order valence-electron chi connectivity index (χ1n) is 10.1. The van der Waals surface area contributed by atoms with Crippen LogP contribution in [0.5, 0.6) is 0 Å². The summed E-state index contributed by atoms with van der Waals surface area (Å²) in [5.74, 6) is -0.327. The van der Waals surface area contributed by atoms with Crippen molar-refractivity contribution < 1.29 is 13.2 Å². The molecule has 1 amide bonds.